The van der Waals surface area contributed by atoms with E-state index in [1.165, 1.54) is 4.90 Å². The second kappa shape index (κ2) is 4.92. The van der Waals surface area contributed by atoms with Gasteiger partial charge in [-0.15, -0.1) is 0 Å². The van der Waals surface area contributed by atoms with Crippen molar-refractivity contribution in [3.05, 3.63) is 12.4 Å². The summed E-state index contributed by atoms with van der Waals surface area (Å²) in [4.78, 5) is 12.9. The number of hydrogen-bond donors (Lipinski definition) is 0. The Kier molecular flexibility index (Phi) is 3.84. The topological polar surface area (TPSA) is 44.1 Å². The summed E-state index contributed by atoms with van der Waals surface area (Å²) in [5.74, 6) is -1.12. The van der Waals surface area contributed by atoms with Gasteiger partial charge < -0.3 is 4.90 Å². The van der Waals surface area contributed by atoms with Crippen molar-refractivity contribution < 1.29 is 9.18 Å². The molecule has 1 aliphatic rings. The largest absolute Gasteiger partial charge is 0.333 e. The number of rotatable bonds is 2. The van der Waals surface area contributed by atoms with Gasteiger partial charge in [0.1, 0.15) is 0 Å². The second-order valence-electron chi connectivity index (χ2n) is 4.05. The highest BCUT2D eigenvalue weighted by Gasteiger charge is 2.30. The number of nitriles is 1. The van der Waals surface area contributed by atoms with Gasteiger partial charge in [-0.25, -0.2) is 4.39 Å². The Labute approximate surface area is 89.2 Å². The minimum Gasteiger partial charge on any atom is -0.333 e. The molecule has 1 amide bonds. The highest BCUT2D eigenvalue weighted by molar-refractivity contribution is 5.90. The molecule has 1 rings (SSSR count). The molecule has 0 saturated carbocycles. The first-order chi connectivity index (χ1) is 7.06. The van der Waals surface area contributed by atoms with Crippen LogP contribution in [0, 0.1) is 17.2 Å². The van der Waals surface area contributed by atoms with Crippen LogP contribution in [-0.2, 0) is 4.79 Å². The molecule has 1 heterocycles. The molecule has 0 aromatic carbocycles. The van der Waals surface area contributed by atoms with E-state index in [1.54, 1.807) is 0 Å². The fourth-order valence-electron chi connectivity index (χ4n) is 1.97. The van der Waals surface area contributed by atoms with Gasteiger partial charge in [0.2, 0.25) is 0 Å². The van der Waals surface area contributed by atoms with Crippen LogP contribution in [-0.4, -0.2) is 23.4 Å². The predicted molar refractivity (Wildman–Crippen MR) is 54.4 cm³/mol. The van der Waals surface area contributed by atoms with Crippen LogP contribution >= 0.6 is 0 Å². The van der Waals surface area contributed by atoms with Crippen LogP contribution < -0.4 is 0 Å². The Bertz CT molecular complexity index is 308. The molecule has 0 radical (unpaired) electrons. The van der Waals surface area contributed by atoms with E-state index in [0.29, 0.717) is 12.5 Å². The number of hydrogen-bond acceptors (Lipinski definition) is 2. The molecule has 0 bridgehead atoms. The van der Waals surface area contributed by atoms with Crippen LogP contribution in [0.25, 0.3) is 0 Å². The molecule has 0 aromatic heterocycles. The van der Waals surface area contributed by atoms with E-state index in [0.717, 1.165) is 12.8 Å². The summed E-state index contributed by atoms with van der Waals surface area (Å²) in [5.41, 5.74) is 0. The van der Waals surface area contributed by atoms with Crippen LogP contribution in [0.5, 0.6) is 0 Å². The third kappa shape index (κ3) is 2.79. The average Bonchev–Trinajstić information content (AvgIpc) is 2.17. The highest BCUT2D eigenvalue weighted by Crippen LogP contribution is 2.25. The Morgan fingerprint density at radius 1 is 1.73 bits per heavy atom. The third-order valence-corrected chi connectivity index (χ3v) is 2.80. The van der Waals surface area contributed by atoms with Crippen molar-refractivity contribution in [2.45, 2.75) is 32.2 Å². The smallest absolute Gasteiger partial charge is 0.282 e. The Hall–Kier alpha value is -1.37. The maximum atomic E-state index is 12.7. The van der Waals surface area contributed by atoms with Crippen LogP contribution in [0.3, 0.4) is 0 Å². The fourth-order valence-corrected chi connectivity index (χ4v) is 1.97. The molecule has 15 heavy (non-hydrogen) atoms. The van der Waals surface area contributed by atoms with E-state index >= 15 is 0 Å². The number of nitrogens with zero attached hydrogens (tertiary/aromatic N) is 2. The molecular formula is C11H15FN2O. The molecule has 82 valence electrons. The molecule has 4 heteroatoms. The quantitative estimate of drug-likeness (QED) is 0.654. The first kappa shape index (κ1) is 11.7. The van der Waals surface area contributed by atoms with Gasteiger partial charge in [-0.2, -0.15) is 5.26 Å². The first-order valence-corrected chi connectivity index (χ1v) is 5.08. The van der Waals surface area contributed by atoms with Crippen LogP contribution in [0.1, 0.15) is 26.2 Å². The molecule has 1 fully saturated rings. The standard InChI is InChI=1S/C11H15FN2O/c1-8-4-6-14(11(15)9(2)12)10(7-8)3-5-13/h8,10H,2-4,6-7H2,1H3/t8?,10-/m1/s1. The maximum absolute atomic E-state index is 12.7. The lowest BCUT2D eigenvalue weighted by molar-refractivity contribution is -0.132. The number of piperidine rings is 1. The van der Waals surface area contributed by atoms with Gasteiger partial charge >= 0.3 is 0 Å². The fraction of sp³-hybridized carbons (Fsp3) is 0.636. The summed E-state index contributed by atoms with van der Waals surface area (Å²) in [6, 6.07) is 1.88. The van der Waals surface area contributed by atoms with Gasteiger partial charge in [0.25, 0.3) is 5.91 Å². The van der Waals surface area contributed by atoms with Crippen molar-refractivity contribution >= 4 is 5.91 Å². The highest BCUT2D eigenvalue weighted by atomic mass is 19.1. The second-order valence-corrected chi connectivity index (χ2v) is 4.05. The molecule has 2 atom stereocenters. The molecule has 1 saturated heterocycles. The Balaban J connectivity index is 2.73. The van der Waals surface area contributed by atoms with Gasteiger partial charge in [0, 0.05) is 12.6 Å². The zero-order valence-corrected chi connectivity index (χ0v) is 8.87. The molecule has 0 N–H and O–H groups in total. The number of amides is 1. The first-order valence-electron chi connectivity index (χ1n) is 5.08. The van der Waals surface area contributed by atoms with E-state index in [-0.39, 0.29) is 12.5 Å². The normalized spacial score (nSPS) is 25.8. The zero-order valence-electron chi connectivity index (χ0n) is 8.87. The van der Waals surface area contributed by atoms with Crippen molar-refractivity contribution in [1.29, 1.82) is 5.26 Å². The van der Waals surface area contributed by atoms with Crippen molar-refractivity contribution in [1.82, 2.24) is 4.90 Å². The molecule has 3 nitrogen and oxygen atoms in total. The SMILES string of the molecule is C=C(F)C(=O)N1CCC(C)C[C@H]1CC#N. The van der Waals surface area contributed by atoms with E-state index in [9.17, 15) is 9.18 Å². The number of carbonyl (C=O) groups is 1. The predicted octanol–water partition coefficient (Wildman–Crippen LogP) is 2.01. The van der Waals surface area contributed by atoms with E-state index < -0.39 is 11.7 Å². The van der Waals surface area contributed by atoms with Crippen molar-refractivity contribution in [3.63, 3.8) is 0 Å². The summed E-state index contributed by atoms with van der Waals surface area (Å²) in [7, 11) is 0. The molecular weight excluding hydrogens is 195 g/mol. The van der Waals surface area contributed by atoms with Gasteiger partial charge in [-0.05, 0) is 18.8 Å². The van der Waals surface area contributed by atoms with Gasteiger partial charge in [-0.3, -0.25) is 4.79 Å². The van der Waals surface area contributed by atoms with Crippen LogP contribution in [0.4, 0.5) is 4.39 Å². The zero-order chi connectivity index (χ0) is 11.4. The van der Waals surface area contributed by atoms with E-state index in [4.69, 9.17) is 5.26 Å². The lowest BCUT2D eigenvalue weighted by Crippen LogP contribution is -2.45. The molecule has 0 spiro atoms. The van der Waals surface area contributed by atoms with Gasteiger partial charge in [-0.1, -0.05) is 13.5 Å². The molecule has 1 unspecified atom stereocenters. The number of halogens is 1. The minimum absolute atomic E-state index is 0.154. The summed E-state index contributed by atoms with van der Waals surface area (Å²) < 4.78 is 12.7. The summed E-state index contributed by atoms with van der Waals surface area (Å²) in [5, 5.41) is 8.64. The van der Waals surface area contributed by atoms with Gasteiger partial charge in [0.05, 0.1) is 12.5 Å². The lowest BCUT2D eigenvalue weighted by Gasteiger charge is -2.37. The van der Waals surface area contributed by atoms with Crippen molar-refractivity contribution in [2.24, 2.45) is 5.92 Å². The van der Waals surface area contributed by atoms with Crippen LogP contribution in [0.2, 0.25) is 0 Å². The summed E-state index contributed by atoms with van der Waals surface area (Å²) >= 11 is 0. The van der Waals surface area contributed by atoms with E-state index in [2.05, 4.69) is 13.5 Å². The number of carbonyl (C=O) groups excluding carboxylic acids is 1. The molecule has 0 aliphatic carbocycles. The van der Waals surface area contributed by atoms with E-state index in [1.807, 2.05) is 6.07 Å². The monoisotopic (exact) mass is 210 g/mol. The Morgan fingerprint density at radius 2 is 2.40 bits per heavy atom. The van der Waals surface area contributed by atoms with Gasteiger partial charge in [0.15, 0.2) is 5.83 Å². The molecule has 1 aliphatic heterocycles. The van der Waals surface area contributed by atoms with Crippen LogP contribution in [0.15, 0.2) is 12.4 Å². The van der Waals surface area contributed by atoms with Crippen molar-refractivity contribution in [2.75, 3.05) is 6.54 Å². The maximum Gasteiger partial charge on any atom is 0.282 e. The van der Waals surface area contributed by atoms with Crippen molar-refractivity contribution in [3.8, 4) is 6.07 Å². The summed E-state index contributed by atoms with van der Waals surface area (Å²) in [6.45, 7) is 5.61. The third-order valence-electron chi connectivity index (χ3n) is 2.80. The summed E-state index contributed by atoms with van der Waals surface area (Å²) in [6.07, 6.45) is 1.90. The number of likely N-dealkylation sites (tertiary alicyclic amines) is 1. The average molecular weight is 210 g/mol. The molecule has 0 aromatic rings. The lowest BCUT2D eigenvalue weighted by atomic mass is 9.91. The Morgan fingerprint density at radius 3 is 2.93 bits per heavy atom. The minimum atomic E-state index is -0.938.